The van der Waals surface area contributed by atoms with E-state index in [0.29, 0.717) is 31.6 Å². The second-order valence-electron chi connectivity index (χ2n) is 6.86. The number of carbonyl (C=O) groups is 1. The summed E-state index contributed by atoms with van der Waals surface area (Å²) in [4.78, 5) is 20.2. The molecular formula is C23H23FN3NaO3. The van der Waals surface area contributed by atoms with Crippen LogP contribution in [0.25, 0.3) is 0 Å². The van der Waals surface area contributed by atoms with Gasteiger partial charge < -0.3 is 19.3 Å². The Balaban J connectivity index is 0.00000341. The molecule has 6 nitrogen and oxygen atoms in total. The number of hydrogen-bond acceptors (Lipinski definition) is 5. The fourth-order valence-electron chi connectivity index (χ4n) is 3.11. The van der Waals surface area contributed by atoms with Crippen LogP contribution >= 0.6 is 0 Å². The van der Waals surface area contributed by atoms with Gasteiger partial charge >= 0.3 is 29.6 Å². The third kappa shape index (κ3) is 7.94. The largest absolute Gasteiger partial charge is 1.00 e. The Labute approximate surface area is 203 Å². The molecule has 0 bridgehead atoms. The molecule has 8 heteroatoms. The van der Waals surface area contributed by atoms with Gasteiger partial charge in [0.15, 0.2) is 0 Å². The van der Waals surface area contributed by atoms with Gasteiger partial charge in [0.05, 0.1) is 12.4 Å². The summed E-state index contributed by atoms with van der Waals surface area (Å²) in [6.45, 7) is 0.302. The Hall–Kier alpha value is -2.48. The van der Waals surface area contributed by atoms with Crippen molar-refractivity contribution in [2.24, 2.45) is 5.16 Å². The van der Waals surface area contributed by atoms with E-state index in [1.54, 1.807) is 24.7 Å². The minimum absolute atomic E-state index is 0. The second-order valence-corrected chi connectivity index (χ2v) is 6.86. The first-order valence-electron chi connectivity index (χ1n) is 9.80. The molecular weight excluding hydrogens is 408 g/mol. The standard InChI is InChI=1S/C23H24FN3O3.Na/c24-20-11-9-18(10-12-20)16-21(27-14-13-25-17-27)23(19-6-2-1-3-7-19)26-30-15-5-4-8-22(28)29;/h1-3,6-7,9-14,17,21H,4-5,8,15-16H2,(H,28,29);/q;+1/p-1/b26-23-;. The number of carbonyl (C=O) groups excluding carboxylic acids is 1. The maximum absolute atomic E-state index is 13.3. The van der Waals surface area contributed by atoms with Gasteiger partial charge in [0.2, 0.25) is 0 Å². The molecule has 31 heavy (non-hydrogen) atoms. The van der Waals surface area contributed by atoms with E-state index >= 15 is 0 Å². The zero-order valence-corrected chi connectivity index (χ0v) is 19.5. The molecule has 0 radical (unpaired) electrons. The number of benzene rings is 2. The summed E-state index contributed by atoms with van der Waals surface area (Å²) in [7, 11) is 0. The first-order chi connectivity index (χ1) is 14.6. The number of carboxylic acids is 1. The average Bonchev–Trinajstić information content (AvgIpc) is 3.28. The monoisotopic (exact) mass is 431 g/mol. The molecule has 0 aliphatic carbocycles. The van der Waals surface area contributed by atoms with Crippen molar-refractivity contribution in [2.45, 2.75) is 31.7 Å². The van der Waals surface area contributed by atoms with E-state index in [4.69, 9.17) is 4.84 Å². The van der Waals surface area contributed by atoms with E-state index in [1.165, 1.54) is 12.1 Å². The van der Waals surface area contributed by atoms with Crippen LogP contribution in [0.4, 0.5) is 4.39 Å². The van der Waals surface area contributed by atoms with E-state index in [-0.39, 0.29) is 47.8 Å². The van der Waals surface area contributed by atoms with Crippen LogP contribution in [0.1, 0.15) is 36.4 Å². The molecule has 1 unspecified atom stereocenters. The van der Waals surface area contributed by atoms with Crippen molar-refractivity contribution in [3.05, 3.63) is 90.3 Å². The molecule has 0 amide bonds. The predicted molar refractivity (Wildman–Crippen MR) is 109 cm³/mol. The number of halogens is 1. The summed E-state index contributed by atoms with van der Waals surface area (Å²) in [6, 6.07) is 15.8. The average molecular weight is 431 g/mol. The summed E-state index contributed by atoms with van der Waals surface area (Å²) in [6.07, 6.45) is 6.87. The quantitative estimate of drug-likeness (QED) is 0.187. The van der Waals surface area contributed by atoms with Crippen LogP contribution in [-0.4, -0.2) is 27.8 Å². The van der Waals surface area contributed by atoms with E-state index < -0.39 is 5.97 Å². The third-order valence-corrected chi connectivity index (χ3v) is 4.64. The third-order valence-electron chi connectivity index (χ3n) is 4.64. The van der Waals surface area contributed by atoms with Gasteiger partial charge in [0.1, 0.15) is 18.1 Å². The van der Waals surface area contributed by atoms with Crippen molar-refractivity contribution in [3.8, 4) is 0 Å². The molecule has 3 rings (SSSR count). The number of hydrogen-bond donors (Lipinski definition) is 0. The number of nitrogens with zero attached hydrogens (tertiary/aromatic N) is 3. The smallest absolute Gasteiger partial charge is 0.550 e. The summed E-state index contributed by atoms with van der Waals surface area (Å²) >= 11 is 0. The number of aromatic nitrogens is 2. The Morgan fingerprint density at radius 1 is 1.13 bits per heavy atom. The van der Waals surface area contributed by atoms with Crippen LogP contribution in [-0.2, 0) is 16.1 Å². The van der Waals surface area contributed by atoms with Crippen LogP contribution < -0.4 is 34.7 Å². The number of imidazole rings is 1. The van der Waals surface area contributed by atoms with Gasteiger partial charge in [-0.2, -0.15) is 0 Å². The molecule has 0 saturated carbocycles. The van der Waals surface area contributed by atoms with Gasteiger partial charge in [-0.15, -0.1) is 0 Å². The minimum Gasteiger partial charge on any atom is -0.550 e. The van der Waals surface area contributed by atoms with Crippen molar-refractivity contribution in [1.29, 1.82) is 0 Å². The van der Waals surface area contributed by atoms with Crippen molar-refractivity contribution in [3.63, 3.8) is 0 Å². The number of aliphatic carboxylic acids is 1. The molecule has 1 atom stereocenters. The summed E-state index contributed by atoms with van der Waals surface area (Å²) in [5.41, 5.74) is 2.55. The van der Waals surface area contributed by atoms with E-state index in [2.05, 4.69) is 10.1 Å². The Kier molecular flexibility index (Phi) is 10.4. The van der Waals surface area contributed by atoms with E-state index in [0.717, 1.165) is 11.1 Å². The molecule has 156 valence electrons. The van der Waals surface area contributed by atoms with Gasteiger partial charge in [0.25, 0.3) is 0 Å². The SMILES string of the molecule is O=C([O-])CCCCO/N=C(/c1ccccc1)C(Cc1ccc(F)cc1)n1ccnc1.[Na+]. The normalized spacial score (nSPS) is 12.1. The fourth-order valence-corrected chi connectivity index (χ4v) is 3.11. The molecule has 1 aromatic heterocycles. The van der Waals surface area contributed by atoms with Gasteiger partial charge in [-0.25, -0.2) is 9.37 Å². The molecule has 0 N–H and O–H groups in total. The number of carboxylic acid groups (broad SMARTS) is 1. The summed E-state index contributed by atoms with van der Waals surface area (Å²) < 4.78 is 15.3. The number of rotatable bonds is 11. The molecule has 0 aliphatic rings. The van der Waals surface area contributed by atoms with Crippen molar-refractivity contribution >= 4 is 11.7 Å². The first-order valence-corrected chi connectivity index (χ1v) is 9.80. The molecule has 0 spiro atoms. The van der Waals surface area contributed by atoms with E-state index in [1.807, 2.05) is 41.1 Å². The Morgan fingerprint density at radius 2 is 1.87 bits per heavy atom. The maximum Gasteiger partial charge on any atom is 1.00 e. The van der Waals surface area contributed by atoms with Crippen LogP contribution in [0.3, 0.4) is 0 Å². The summed E-state index contributed by atoms with van der Waals surface area (Å²) in [5, 5.41) is 14.9. The van der Waals surface area contributed by atoms with Crippen molar-refractivity contribution in [1.82, 2.24) is 9.55 Å². The van der Waals surface area contributed by atoms with Crippen LogP contribution in [0, 0.1) is 5.82 Å². The van der Waals surface area contributed by atoms with Gasteiger partial charge in [0, 0.05) is 23.9 Å². The molecule has 0 saturated heterocycles. The zero-order valence-electron chi connectivity index (χ0n) is 17.5. The molecule has 2 aromatic carbocycles. The second kappa shape index (κ2) is 13.0. The molecule has 0 aliphatic heterocycles. The van der Waals surface area contributed by atoms with Crippen molar-refractivity contribution in [2.75, 3.05) is 6.61 Å². The Bertz CT molecular complexity index is 948. The first kappa shape index (κ1) is 24.8. The van der Waals surface area contributed by atoms with Gasteiger partial charge in [-0.05, 0) is 43.4 Å². The fraction of sp³-hybridized carbons (Fsp3) is 0.261. The molecule has 3 aromatic rings. The topological polar surface area (TPSA) is 79.5 Å². The van der Waals surface area contributed by atoms with Crippen LogP contribution in [0.5, 0.6) is 0 Å². The zero-order chi connectivity index (χ0) is 21.2. The number of oxime groups is 1. The van der Waals surface area contributed by atoms with Crippen LogP contribution in [0.15, 0.2) is 78.5 Å². The van der Waals surface area contributed by atoms with Gasteiger partial charge in [-0.1, -0.05) is 47.6 Å². The van der Waals surface area contributed by atoms with Crippen LogP contribution in [0.2, 0.25) is 0 Å². The minimum atomic E-state index is -1.07. The number of unbranched alkanes of at least 4 members (excludes halogenated alkanes) is 1. The predicted octanol–water partition coefficient (Wildman–Crippen LogP) is 0.151. The molecule has 1 heterocycles. The van der Waals surface area contributed by atoms with E-state index in [9.17, 15) is 14.3 Å². The van der Waals surface area contributed by atoms with Gasteiger partial charge in [-0.3, -0.25) is 0 Å². The maximum atomic E-state index is 13.3. The van der Waals surface area contributed by atoms with Crippen molar-refractivity contribution < 1.29 is 48.7 Å². The molecule has 0 fully saturated rings. The Morgan fingerprint density at radius 3 is 2.52 bits per heavy atom. The summed E-state index contributed by atoms with van der Waals surface area (Å²) in [5.74, 6) is -1.35.